The van der Waals surface area contributed by atoms with Crippen molar-refractivity contribution in [2.45, 2.75) is 25.6 Å². The van der Waals surface area contributed by atoms with Gasteiger partial charge in [0.05, 0.1) is 5.92 Å². The fourth-order valence-electron chi connectivity index (χ4n) is 1.95. The van der Waals surface area contributed by atoms with E-state index in [0.717, 1.165) is 0 Å². The van der Waals surface area contributed by atoms with Gasteiger partial charge in [0.25, 0.3) is 5.91 Å². The number of alkyl halides is 3. The molecule has 0 fully saturated rings. The molecule has 0 spiro atoms. The van der Waals surface area contributed by atoms with Gasteiger partial charge in [-0.2, -0.15) is 13.2 Å². The predicted molar refractivity (Wildman–Crippen MR) is 53.5 cm³/mol. The van der Waals surface area contributed by atoms with Crippen molar-refractivity contribution < 1.29 is 18.0 Å². The van der Waals surface area contributed by atoms with Crippen LogP contribution in [0.1, 0.15) is 22.7 Å². The quantitative estimate of drug-likeness (QED) is 0.814. The van der Waals surface area contributed by atoms with Gasteiger partial charge in [-0.25, -0.2) is 4.98 Å². The van der Waals surface area contributed by atoms with Gasteiger partial charge in [0.2, 0.25) is 0 Å². The average Bonchev–Trinajstić information content (AvgIpc) is 2.69. The number of rotatable bonds is 1. The Kier molecular flexibility index (Phi) is 2.84. The maximum atomic E-state index is 12.6. The molecule has 1 atom stereocenters. The lowest BCUT2D eigenvalue weighted by molar-refractivity contribution is -0.182. The number of hydrogen-bond acceptors (Lipinski definition) is 2. The van der Waals surface area contributed by atoms with Crippen LogP contribution in [-0.4, -0.2) is 28.7 Å². The highest BCUT2D eigenvalue weighted by molar-refractivity contribution is 5.91. The largest absolute Gasteiger partial charge is 0.393 e. The van der Waals surface area contributed by atoms with Crippen LogP contribution in [0.25, 0.3) is 0 Å². The number of halogens is 3. The Morgan fingerprint density at radius 1 is 1.59 bits per heavy atom. The molecule has 0 saturated heterocycles. The van der Waals surface area contributed by atoms with Gasteiger partial charge in [0, 0.05) is 26.2 Å². The van der Waals surface area contributed by atoms with Gasteiger partial charge < -0.3 is 9.88 Å². The summed E-state index contributed by atoms with van der Waals surface area (Å²) in [5.74, 6) is -1.18. The van der Waals surface area contributed by atoms with E-state index in [1.54, 1.807) is 0 Å². The third kappa shape index (κ3) is 2.27. The summed E-state index contributed by atoms with van der Waals surface area (Å²) in [7, 11) is 1.46. The lowest BCUT2D eigenvalue weighted by Gasteiger charge is -2.25. The summed E-state index contributed by atoms with van der Waals surface area (Å²) in [5.41, 5.74) is 0.172. The maximum absolute atomic E-state index is 12.6. The second-order valence-corrected chi connectivity index (χ2v) is 4.05. The smallest absolute Gasteiger partial charge is 0.354 e. The van der Waals surface area contributed by atoms with Gasteiger partial charge in [-0.3, -0.25) is 4.79 Å². The molecule has 2 rings (SSSR count). The van der Waals surface area contributed by atoms with Crippen molar-refractivity contribution in [2.24, 2.45) is 5.92 Å². The molecule has 0 saturated carbocycles. The third-order valence-corrected chi connectivity index (χ3v) is 2.92. The van der Waals surface area contributed by atoms with E-state index in [-0.39, 0.29) is 31.0 Å². The highest BCUT2D eigenvalue weighted by atomic mass is 19.4. The van der Waals surface area contributed by atoms with Gasteiger partial charge >= 0.3 is 6.18 Å². The minimum Gasteiger partial charge on any atom is -0.354 e. The normalized spacial score (nSPS) is 19.9. The molecule has 1 aliphatic rings. The number of fused-ring (bicyclic) bond motifs is 1. The van der Waals surface area contributed by atoms with Crippen LogP contribution in [0.15, 0.2) is 6.20 Å². The predicted octanol–water partition coefficient (Wildman–Crippen LogP) is 1.37. The molecule has 1 aromatic heterocycles. The number of carbonyl (C=O) groups excluding carboxylic acids is 1. The molecular weight excluding hydrogens is 235 g/mol. The van der Waals surface area contributed by atoms with E-state index < -0.39 is 12.1 Å². The molecule has 1 aliphatic heterocycles. The Morgan fingerprint density at radius 3 is 2.88 bits per heavy atom. The zero-order chi connectivity index (χ0) is 12.6. The highest BCUT2D eigenvalue weighted by Crippen LogP contribution is 2.34. The minimum absolute atomic E-state index is 0.0354. The summed E-state index contributed by atoms with van der Waals surface area (Å²) < 4.78 is 39.1. The van der Waals surface area contributed by atoms with Gasteiger partial charge in [-0.05, 0) is 6.42 Å². The number of aryl methyl sites for hydroxylation is 1. The van der Waals surface area contributed by atoms with E-state index >= 15 is 0 Å². The zero-order valence-electron chi connectivity index (χ0n) is 9.21. The number of imidazole rings is 1. The molecule has 0 radical (unpaired) electrons. The number of aromatic nitrogens is 2. The summed E-state index contributed by atoms with van der Waals surface area (Å²) in [4.78, 5) is 15.3. The van der Waals surface area contributed by atoms with Crippen LogP contribution in [0.3, 0.4) is 0 Å². The Bertz CT molecular complexity index is 438. The topological polar surface area (TPSA) is 46.9 Å². The molecule has 0 aliphatic carbocycles. The van der Waals surface area contributed by atoms with Crippen molar-refractivity contribution in [3.05, 3.63) is 17.7 Å². The average molecular weight is 247 g/mol. The summed E-state index contributed by atoms with van der Waals surface area (Å²) in [6.07, 6.45) is -2.52. The van der Waals surface area contributed by atoms with Crippen LogP contribution >= 0.6 is 0 Å². The molecule has 2 heterocycles. The monoisotopic (exact) mass is 247 g/mol. The number of nitrogens with zero attached hydrogens (tertiary/aromatic N) is 2. The molecule has 0 aromatic carbocycles. The van der Waals surface area contributed by atoms with Crippen LogP contribution in [-0.2, 0) is 13.0 Å². The molecule has 1 amide bonds. The van der Waals surface area contributed by atoms with Crippen molar-refractivity contribution in [1.29, 1.82) is 0 Å². The van der Waals surface area contributed by atoms with Crippen LogP contribution in [0.4, 0.5) is 13.2 Å². The fourth-order valence-corrected chi connectivity index (χ4v) is 1.95. The van der Waals surface area contributed by atoms with E-state index in [2.05, 4.69) is 10.3 Å². The number of carbonyl (C=O) groups is 1. The SMILES string of the molecule is CNC(=O)c1cn2c(n1)CCC(C(F)(F)F)C2. The Morgan fingerprint density at radius 2 is 2.29 bits per heavy atom. The number of nitrogens with one attached hydrogen (secondary N) is 1. The fraction of sp³-hybridized carbons (Fsp3) is 0.600. The molecule has 0 bridgehead atoms. The third-order valence-electron chi connectivity index (χ3n) is 2.92. The van der Waals surface area contributed by atoms with Crippen molar-refractivity contribution in [1.82, 2.24) is 14.9 Å². The summed E-state index contributed by atoms with van der Waals surface area (Å²) in [6.45, 7) is -0.150. The molecule has 1 N–H and O–H groups in total. The Balaban J connectivity index is 2.21. The second kappa shape index (κ2) is 4.05. The van der Waals surface area contributed by atoms with Gasteiger partial charge in [0.1, 0.15) is 11.5 Å². The van der Waals surface area contributed by atoms with Crippen LogP contribution < -0.4 is 5.32 Å². The molecular formula is C10H12F3N3O. The van der Waals surface area contributed by atoms with Crippen LogP contribution in [0.5, 0.6) is 0 Å². The Hall–Kier alpha value is -1.53. The van der Waals surface area contributed by atoms with E-state index in [0.29, 0.717) is 5.82 Å². The Labute approximate surface area is 95.8 Å². The van der Waals surface area contributed by atoms with Crippen molar-refractivity contribution in [3.8, 4) is 0 Å². The molecule has 1 unspecified atom stereocenters. The van der Waals surface area contributed by atoms with Crippen molar-refractivity contribution >= 4 is 5.91 Å². The first-order valence-electron chi connectivity index (χ1n) is 5.26. The van der Waals surface area contributed by atoms with E-state index in [4.69, 9.17) is 0 Å². The first-order chi connectivity index (χ1) is 7.91. The lowest BCUT2D eigenvalue weighted by atomic mass is 9.99. The van der Waals surface area contributed by atoms with E-state index in [1.807, 2.05) is 0 Å². The summed E-state index contributed by atoms with van der Waals surface area (Å²) in [6, 6.07) is 0. The first kappa shape index (κ1) is 11.9. The van der Waals surface area contributed by atoms with Crippen molar-refractivity contribution in [3.63, 3.8) is 0 Å². The molecule has 17 heavy (non-hydrogen) atoms. The molecule has 1 aromatic rings. The molecule has 7 heteroatoms. The first-order valence-corrected chi connectivity index (χ1v) is 5.26. The van der Waals surface area contributed by atoms with Gasteiger partial charge in [0.15, 0.2) is 0 Å². The number of hydrogen-bond donors (Lipinski definition) is 1. The van der Waals surface area contributed by atoms with Crippen molar-refractivity contribution in [2.75, 3.05) is 7.05 Å². The van der Waals surface area contributed by atoms with Gasteiger partial charge in [-0.1, -0.05) is 0 Å². The van der Waals surface area contributed by atoms with E-state index in [1.165, 1.54) is 17.8 Å². The van der Waals surface area contributed by atoms with Gasteiger partial charge in [-0.15, -0.1) is 0 Å². The zero-order valence-corrected chi connectivity index (χ0v) is 9.21. The molecule has 94 valence electrons. The highest BCUT2D eigenvalue weighted by Gasteiger charge is 2.41. The van der Waals surface area contributed by atoms with E-state index in [9.17, 15) is 18.0 Å². The van der Waals surface area contributed by atoms with Crippen LogP contribution in [0, 0.1) is 5.92 Å². The summed E-state index contributed by atoms with van der Waals surface area (Å²) >= 11 is 0. The minimum atomic E-state index is -4.19. The second-order valence-electron chi connectivity index (χ2n) is 4.05. The maximum Gasteiger partial charge on any atom is 0.393 e. The standard InChI is InChI=1S/C10H12F3N3O/c1-14-9(17)7-5-16-4-6(10(11,12)13)2-3-8(16)15-7/h5-6H,2-4H2,1H3,(H,14,17). The molecule has 4 nitrogen and oxygen atoms in total. The number of amides is 1. The van der Waals surface area contributed by atoms with Crippen LogP contribution in [0.2, 0.25) is 0 Å². The lowest BCUT2D eigenvalue weighted by Crippen LogP contribution is -2.31. The summed E-state index contributed by atoms with van der Waals surface area (Å²) in [5, 5.41) is 2.39.